The number of thioether (sulfide) groups is 1. The number of anilines is 2. The highest BCUT2D eigenvalue weighted by molar-refractivity contribution is 7.99. The van der Waals surface area contributed by atoms with Gasteiger partial charge in [-0.2, -0.15) is 0 Å². The first-order valence-corrected chi connectivity index (χ1v) is 10.5. The van der Waals surface area contributed by atoms with Crippen LogP contribution in [0.25, 0.3) is 0 Å². The molecule has 0 aliphatic carbocycles. The summed E-state index contributed by atoms with van der Waals surface area (Å²) in [4.78, 5) is 28.3. The molecule has 3 aromatic rings. The molecule has 3 aromatic carbocycles. The molecular weight excluding hydrogens is 404 g/mol. The smallest absolute Gasteiger partial charge is 0.244 e. The van der Waals surface area contributed by atoms with Crippen LogP contribution >= 0.6 is 23.4 Å². The van der Waals surface area contributed by atoms with Gasteiger partial charge in [-0.15, -0.1) is 11.8 Å². The number of nitrogens with zero attached hydrogens (tertiary/aromatic N) is 1. The summed E-state index contributed by atoms with van der Waals surface area (Å²) < 4.78 is 0. The monoisotopic (exact) mass is 422 g/mol. The Kier molecular flexibility index (Phi) is 5.88. The van der Waals surface area contributed by atoms with Gasteiger partial charge < -0.3 is 10.2 Å². The maximum Gasteiger partial charge on any atom is 0.244 e. The van der Waals surface area contributed by atoms with Crippen LogP contribution in [0.3, 0.4) is 0 Å². The molecule has 2 amide bonds. The minimum atomic E-state index is -0.265. The fourth-order valence-electron chi connectivity index (χ4n) is 3.32. The molecule has 6 heteroatoms. The molecule has 1 N–H and O–H groups in total. The van der Waals surface area contributed by atoms with Crippen LogP contribution in [0.2, 0.25) is 5.02 Å². The summed E-state index contributed by atoms with van der Waals surface area (Å²) in [6, 6.07) is 24.7. The fourth-order valence-corrected chi connectivity index (χ4v) is 4.79. The van der Waals surface area contributed by atoms with E-state index in [0.717, 1.165) is 16.1 Å². The summed E-state index contributed by atoms with van der Waals surface area (Å²) >= 11 is 7.65. The van der Waals surface area contributed by atoms with Crippen molar-refractivity contribution in [2.45, 2.75) is 16.6 Å². The summed E-state index contributed by atoms with van der Waals surface area (Å²) in [5, 5.41) is 3.37. The van der Waals surface area contributed by atoms with Crippen LogP contribution in [0.4, 0.5) is 11.4 Å². The van der Waals surface area contributed by atoms with E-state index in [4.69, 9.17) is 11.6 Å². The molecule has 29 heavy (non-hydrogen) atoms. The highest BCUT2D eigenvalue weighted by atomic mass is 35.5. The van der Waals surface area contributed by atoms with Crippen molar-refractivity contribution in [2.75, 3.05) is 16.8 Å². The zero-order valence-corrected chi connectivity index (χ0v) is 17.1. The van der Waals surface area contributed by atoms with Gasteiger partial charge in [0.2, 0.25) is 11.8 Å². The van der Waals surface area contributed by atoms with Crippen LogP contribution < -0.4 is 10.2 Å². The van der Waals surface area contributed by atoms with Gasteiger partial charge in [0, 0.05) is 27.3 Å². The summed E-state index contributed by atoms with van der Waals surface area (Å²) in [5.74, 6) is -0.337. The van der Waals surface area contributed by atoms with Crippen LogP contribution in [0, 0.1) is 0 Å². The number of halogens is 1. The van der Waals surface area contributed by atoms with Crippen molar-refractivity contribution in [1.82, 2.24) is 0 Å². The number of hydrogen-bond donors (Lipinski definition) is 1. The number of fused-ring (bicyclic) bond motifs is 1. The second kappa shape index (κ2) is 8.72. The second-order valence-electron chi connectivity index (χ2n) is 6.73. The number of hydrogen-bond acceptors (Lipinski definition) is 3. The number of benzene rings is 3. The van der Waals surface area contributed by atoms with Gasteiger partial charge in [-0.05, 0) is 35.9 Å². The highest BCUT2D eigenvalue weighted by Gasteiger charge is 2.30. The van der Waals surface area contributed by atoms with Crippen molar-refractivity contribution in [3.05, 3.63) is 89.4 Å². The number of nitrogens with one attached hydrogen (secondary N) is 1. The third-order valence-corrected chi connectivity index (χ3v) is 6.23. The Morgan fingerprint density at radius 2 is 1.79 bits per heavy atom. The van der Waals surface area contributed by atoms with E-state index in [0.29, 0.717) is 17.1 Å². The molecule has 0 radical (unpaired) electrons. The minimum absolute atomic E-state index is 0.00541. The average Bonchev–Trinajstić information content (AvgIpc) is 2.85. The first kappa shape index (κ1) is 19.6. The Balaban J connectivity index is 1.58. The van der Waals surface area contributed by atoms with Gasteiger partial charge in [0.25, 0.3) is 0 Å². The summed E-state index contributed by atoms with van der Waals surface area (Å²) in [6.45, 7) is -0.0512. The number of rotatable bonds is 4. The summed E-state index contributed by atoms with van der Waals surface area (Å²) in [5.41, 5.74) is 2.47. The van der Waals surface area contributed by atoms with E-state index in [1.54, 1.807) is 40.9 Å². The number of amides is 2. The first-order chi connectivity index (χ1) is 14.1. The summed E-state index contributed by atoms with van der Waals surface area (Å²) in [7, 11) is 0. The van der Waals surface area contributed by atoms with Gasteiger partial charge in [-0.3, -0.25) is 9.59 Å². The number of para-hydroxylation sites is 1. The lowest BCUT2D eigenvalue weighted by atomic mass is 10.1. The maximum atomic E-state index is 13.1. The molecule has 1 unspecified atom stereocenters. The summed E-state index contributed by atoms with van der Waals surface area (Å²) in [6.07, 6.45) is 0.327. The molecule has 0 saturated carbocycles. The van der Waals surface area contributed by atoms with Gasteiger partial charge in [0.15, 0.2) is 0 Å². The van der Waals surface area contributed by atoms with E-state index in [9.17, 15) is 9.59 Å². The minimum Gasteiger partial charge on any atom is -0.324 e. The van der Waals surface area contributed by atoms with E-state index >= 15 is 0 Å². The molecule has 4 nitrogen and oxygen atoms in total. The molecule has 1 heterocycles. The zero-order valence-electron chi connectivity index (χ0n) is 15.5. The van der Waals surface area contributed by atoms with Gasteiger partial charge in [-0.1, -0.05) is 60.1 Å². The predicted octanol–water partition coefficient (Wildman–Crippen LogP) is 5.55. The van der Waals surface area contributed by atoms with Gasteiger partial charge in [-0.25, -0.2) is 0 Å². The predicted molar refractivity (Wildman–Crippen MR) is 119 cm³/mol. The van der Waals surface area contributed by atoms with Gasteiger partial charge in [0.05, 0.1) is 5.69 Å². The SMILES string of the molecule is O=C(CN1C(=O)CC(c2ccccc2)Sc2ccccc21)Nc1cccc(Cl)c1. The third kappa shape index (κ3) is 4.63. The maximum absolute atomic E-state index is 13.1. The second-order valence-corrected chi connectivity index (χ2v) is 8.41. The molecule has 146 valence electrons. The molecule has 1 atom stereocenters. The van der Waals surface area contributed by atoms with E-state index in [1.165, 1.54) is 0 Å². The van der Waals surface area contributed by atoms with Crippen LogP contribution in [-0.2, 0) is 9.59 Å². The van der Waals surface area contributed by atoms with E-state index < -0.39 is 0 Å². The zero-order chi connectivity index (χ0) is 20.2. The van der Waals surface area contributed by atoms with Crippen molar-refractivity contribution in [1.29, 1.82) is 0 Å². The molecule has 0 fully saturated rings. The molecule has 4 rings (SSSR count). The Bertz CT molecular complexity index is 1040. The van der Waals surface area contributed by atoms with Crippen molar-refractivity contribution in [3.8, 4) is 0 Å². The van der Waals surface area contributed by atoms with Crippen molar-refractivity contribution < 1.29 is 9.59 Å². The Labute approximate surface area is 178 Å². The van der Waals surface area contributed by atoms with E-state index in [-0.39, 0.29) is 23.6 Å². The quantitative estimate of drug-likeness (QED) is 0.599. The van der Waals surface area contributed by atoms with Gasteiger partial charge >= 0.3 is 0 Å². The Morgan fingerprint density at radius 1 is 1.03 bits per heavy atom. The Morgan fingerprint density at radius 3 is 2.59 bits per heavy atom. The molecule has 0 saturated heterocycles. The highest BCUT2D eigenvalue weighted by Crippen LogP contribution is 2.45. The van der Waals surface area contributed by atoms with Crippen LogP contribution in [-0.4, -0.2) is 18.4 Å². The normalized spacial score (nSPS) is 16.1. The molecular formula is C23H19ClN2O2S. The molecule has 0 spiro atoms. The lowest BCUT2D eigenvalue weighted by Gasteiger charge is -2.22. The van der Waals surface area contributed by atoms with Crippen LogP contribution in [0.5, 0.6) is 0 Å². The standard InChI is InChI=1S/C23H19ClN2O2S/c24-17-9-6-10-18(13-17)25-22(27)15-26-19-11-4-5-12-20(19)29-21(14-23(26)28)16-7-2-1-3-8-16/h1-13,21H,14-15H2,(H,25,27). The number of carbonyl (C=O) groups excluding carboxylic acids is 2. The Hall–Kier alpha value is -2.76. The largest absolute Gasteiger partial charge is 0.324 e. The third-order valence-electron chi connectivity index (χ3n) is 4.67. The van der Waals surface area contributed by atoms with Crippen molar-refractivity contribution >= 4 is 46.6 Å². The molecule has 1 aliphatic heterocycles. The number of carbonyl (C=O) groups is 2. The topological polar surface area (TPSA) is 49.4 Å². The first-order valence-electron chi connectivity index (χ1n) is 9.26. The van der Waals surface area contributed by atoms with Crippen molar-refractivity contribution in [3.63, 3.8) is 0 Å². The molecule has 0 bridgehead atoms. The van der Waals surface area contributed by atoms with Crippen molar-refractivity contribution in [2.24, 2.45) is 0 Å². The van der Waals surface area contributed by atoms with Gasteiger partial charge in [0.1, 0.15) is 6.54 Å². The van der Waals surface area contributed by atoms with Crippen LogP contribution in [0.1, 0.15) is 17.2 Å². The van der Waals surface area contributed by atoms with E-state index in [2.05, 4.69) is 5.32 Å². The molecule has 1 aliphatic rings. The lowest BCUT2D eigenvalue weighted by Crippen LogP contribution is -2.38. The lowest BCUT2D eigenvalue weighted by molar-refractivity contribution is -0.121. The fraction of sp³-hybridized carbons (Fsp3) is 0.130. The average molecular weight is 423 g/mol. The molecule has 0 aromatic heterocycles. The van der Waals surface area contributed by atoms with Crippen LogP contribution in [0.15, 0.2) is 83.8 Å². The van der Waals surface area contributed by atoms with E-state index in [1.807, 2.05) is 54.6 Å².